The number of esters is 2. The first-order valence-corrected chi connectivity index (χ1v) is 46.8. The second-order valence-corrected chi connectivity index (χ2v) is 38.9. The average Bonchev–Trinajstić information content (AvgIpc) is 1.68. The van der Waals surface area contributed by atoms with Crippen molar-refractivity contribution in [1.82, 2.24) is 0 Å². The van der Waals surface area contributed by atoms with Gasteiger partial charge in [-0.15, -0.1) is 0 Å². The number of aliphatic hydroxyl groups is 6. The van der Waals surface area contributed by atoms with E-state index in [9.17, 15) is 40.2 Å². The first kappa shape index (κ1) is 97.4. The van der Waals surface area contributed by atoms with Gasteiger partial charge in [-0.1, -0.05) is 140 Å². The first-order valence-electron chi connectivity index (χ1n) is 46.8. The number of hydrogen-bond acceptors (Lipinski definition) is 28. The van der Waals surface area contributed by atoms with Crippen molar-refractivity contribution in [3.05, 3.63) is 119 Å². The van der Waals surface area contributed by atoms with Gasteiger partial charge in [0.1, 0.15) is 84.1 Å². The third-order valence-electron chi connectivity index (χ3n) is 29.9. The second-order valence-electron chi connectivity index (χ2n) is 38.9. The minimum absolute atomic E-state index is 0.0242. The molecular formula is C98H146O28. The average molecular weight is 1770 g/mol. The summed E-state index contributed by atoms with van der Waals surface area (Å²) in [7, 11) is 6.45. The van der Waals surface area contributed by atoms with E-state index in [1.165, 1.54) is 19.3 Å². The SMILES string of the molecule is CCC(C)[C@H]1O[C@]2(C=C[C@@H]1C)C[C@@H]1C[C@@H](C/C=C(\C)[C@@H](O[C@H]3C[C@H](OC)[C@@H](O[C@H]4C[C@@H](OC)[C@H](O)[C@@H](C)O4)[C@H](C)O3)[C@@H](C)/C=C/C=C3\CO[C@@H]4[C@H](O)C(C)=C[C@@H](C(=O)O1)[C@]34O)O2.CO[C@H]1C[C@H](O[C@H]2[C@H](C)O[C@@H](O[C@@H]3/C(C)=C/C[C@@H]4C[C@@H](C[C@]5(C=CC(C)[C@@H](C6CCCCC6)O5)O4)OC(=O)[C@@H]4C=C(C)[C@@H](O)[C@H]5OC/C(=C\C=C\[C@@H]3C)[C@]54O)C[C@@H]2OC)O[C@@H](C)[C@@H]1O. The van der Waals surface area contributed by atoms with E-state index < -0.39 is 182 Å². The number of hydrogen-bond donors (Lipinski definition) is 6. The van der Waals surface area contributed by atoms with E-state index >= 15 is 0 Å². The lowest BCUT2D eigenvalue weighted by Crippen LogP contribution is -2.58. The maximum Gasteiger partial charge on any atom is 0.316 e. The smallest absolute Gasteiger partial charge is 0.316 e. The monoisotopic (exact) mass is 1770 g/mol. The van der Waals surface area contributed by atoms with Crippen molar-refractivity contribution in [1.29, 1.82) is 0 Å². The molecule has 28 nitrogen and oxygen atoms in total. The Labute approximate surface area is 745 Å². The van der Waals surface area contributed by atoms with Gasteiger partial charge in [-0.3, -0.25) is 9.59 Å². The molecule has 28 heteroatoms. The van der Waals surface area contributed by atoms with Gasteiger partial charge in [-0.05, 0) is 138 Å². The fraction of sp³-hybridized carbons (Fsp3) is 0.776. The Bertz CT molecular complexity index is 4010. The molecular weight excluding hydrogens is 1630 g/mol. The Hall–Kier alpha value is -4.62. The van der Waals surface area contributed by atoms with Crippen LogP contribution in [0.3, 0.4) is 0 Å². The van der Waals surface area contributed by atoms with Crippen molar-refractivity contribution in [3.63, 3.8) is 0 Å². The number of methoxy groups -OCH3 is 4. The van der Waals surface area contributed by atoms with E-state index in [0.29, 0.717) is 92.4 Å². The Morgan fingerprint density at radius 1 is 0.468 bits per heavy atom. The molecule has 39 atom stereocenters. The van der Waals surface area contributed by atoms with Crippen molar-refractivity contribution in [2.75, 3.05) is 41.7 Å². The van der Waals surface area contributed by atoms with Crippen LogP contribution in [0, 0.1) is 47.3 Å². The van der Waals surface area contributed by atoms with Gasteiger partial charge in [0, 0.05) is 103 Å². The third kappa shape index (κ3) is 20.8. The Kier molecular flexibility index (Phi) is 32.1. The lowest BCUT2D eigenvalue weighted by atomic mass is 9.71. The molecule has 0 aromatic heterocycles. The zero-order valence-corrected chi connectivity index (χ0v) is 77.3. The molecule has 9 fully saturated rings. The van der Waals surface area contributed by atoms with Gasteiger partial charge >= 0.3 is 11.9 Å². The lowest BCUT2D eigenvalue weighted by Gasteiger charge is -2.49. The molecule has 15 aliphatic rings. The van der Waals surface area contributed by atoms with Crippen molar-refractivity contribution in [2.45, 2.75) is 394 Å². The summed E-state index contributed by atoms with van der Waals surface area (Å²) in [6.45, 7) is 27.9. The van der Waals surface area contributed by atoms with Gasteiger partial charge in [0.25, 0.3) is 0 Å². The molecule has 2 unspecified atom stereocenters. The van der Waals surface area contributed by atoms with Gasteiger partial charge in [-0.25, -0.2) is 0 Å². The summed E-state index contributed by atoms with van der Waals surface area (Å²) >= 11 is 0. The van der Waals surface area contributed by atoms with Crippen LogP contribution in [0.4, 0.5) is 0 Å². The summed E-state index contributed by atoms with van der Waals surface area (Å²) in [5.74, 6) is -4.89. The number of rotatable bonds is 15. The maximum absolute atomic E-state index is 14.4. The molecule has 0 aromatic carbocycles. The Morgan fingerprint density at radius 2 is 0.873 bits per heavy atom. The van der Waals surface area contributed by atoms with Gasteiger partial charge in [0.2, 0.25) is 0 Å². The Balaban J connectivity index is 0.000000205. The van der Waals surface area contributed by atoms with Crippen molar-refractivity contribution in [2.24, 2.45) is 47.3 Å². The molecule has 4 bridgehead atoms. The summed E-state index contributed by atoms with van der Waals surface area (Å²) in [6.07, 6.45) is 22.4. The number of aliphatic hydroxyl groups excluding tert-OH is 4. The van der Waals surface area contributed by atoms with Gasteiger partial charge in [0.05, 0.1) is 98.7 Å². The number of fused-ring (bicyclic) bond motifs is 4. The predicted molar refractivity (Wildman–Crippen MR) is 462 cm³/mol. The molecule has 12 aliphatic heterocycles. The minimum Gasteiger partial charge on any atom is -0.462 e. The summed E-state index contributed by atoms with van der Waals surface area (Å²) in [5.41, 5.74) is 0.300. The Morgan fingerprint density at radius 3 is 1.30 bits per heavy atom. The molecule has 0 radical (unpaired) electrons. The van der Waals surface area contributed by atoms with Crippen molar-refractivity contribution < 1.29 is 135 Å². The van der Waals surface area contributed by atoms with Crippen LogP contribution >= 0.6 is 0 Å². The number of carbonyl (C=O) groups is 2. The minimum atomic E-state index is -1.84. The molecule has 8 saturated heterocycles. The quantitative estimate of drug-likeness (QED) is 0.0655. The number of carbonyl (C=O) groups excluding carboxylic acids is 2. The van der Waals surface area contributed by atoms with Crippen LogP contribution in [0.5, 0.6) is 0 Å². The van der Waals surface area contributed by atoms with Crippen LogP contribution in [0.15, 0.2) is 119 Å². The maximum atomic E-state index is 14.4. The van der Waals surface area contributed by atoms with E-state index in [-0.39, 0.29) is 79.4 Å². The van der Waals surface area contributed by atoms with Crippen molar-refractivity contribution in [3.8, 4) is 0 Å². The van der Waals surface area contributed by atoms with Crippen LogP contribution in [0.25, 0.3) is 0 Å². The van der Waals surface area contributed by atoms with E-state index in [4.69, 9.17) is 94.7 Å². The third-order valence-corrected chi connectivity index (χ3v) is 29.9. The largest absolute Gasteiger partial charge is 0.462 e. The molecule has 0 aromatic rings. The number of allylic oxidation sites excluding steroid dienone is 4. The zero-order valence-electron chi connectivity index (χ0n) is 77.3. The topological polar surface area (TPSA) is 340 Å². The molecule has 126 heavy (non-hydrogen) atoms. The highest BCUT2D eigenvalue weighted by Gasteiger charge is 2.63. The molecule has 6 N–H and O–H groups in total. The standard InChI is InChI=1S/C50H74O14.C48H72O14/c1-27-13-12-16-34-26-57-47-42(51)30(4)21-37(50(34,47)54)48(53)60-36-22-35(63-49(25-36)20-19-29(3)45(64-49)33-14-10-9-11-15-33)18-17-28(2)44(27)61-41-24-39(56-8)46(32(6)59-41)62-40-23-38(55-7)43(52)31(5)58-40;1-11-25(2)43-28(5)17-18-47(62-43)23-34-20-33(61-47)16-15-27(4)42(26(3)13-12-14-32-24-55-45-40(49)29(6)19-35(46(51)58-34)48(32,45)52)59-39-22-37(54-10)44(31(8)57-39)60-38-21-36(53-9)41(50)30(7)56-38/h12-13,16-17,19-21,27,29,31-33,35-47,51-52,54H,9-11,14-15,18,22-26H2,1-8H3;12-15,17-19,25-26,28,30-31,33-45,49-50,52H,11,16,20-24H2,1-10H3/b13-12+,28-17+,34-16+;13-12+,27-15+,32-14+/t27-,29?,31-,32-,35+,36-,37-,38-,39-,40-,41-,42+,43-,44-,45-,46-,47+,49+,50+;25?,26-,28-,30+,31-,33+,34-,35-,36+,37-,38-,39-,40+,41+,42-,43+,44-,45+,47+,48+/m00/s1. The molecule has 3 aliphatic carbocycles. The van der Waals surface area contributed by atoms with Crippen LogP contribution in [-0.2, 0) is 104 Å². The van der Waals surface area contributed by atoms with Gasteiger partial charge < -0.3 is 125 Å². The molecule has 15 rings (SSSR count). The fourth-order valence-corrected chi connectivity index (χ4v) is 22.2. The summed E-state index contributed by atoms with van der Waals surface area (Å²) in [6, 6.07) is 0. The lowest BCUT2D eigenvalue weighted by molar-refractivity contribution is -0.318. The zero-order chi connectivity index (χ0) is 90.2. The molecule has 706 valence electrons. The molecule has 1 saturated carbocycles. The molecule has 12 heterocycles. The van der Waals surface area contributed by atoms with E-state index in [1.807, 2.05) is 57.2 Å². The van der Waals surface area contributed by atoms with E-state index in [2.05, 4.69) is 72.8 Å². The van der Waals surface area contributed by atoms with Gasteiger partial charge in [-0.2, -0.15) is 0 Å². The van der Waals surface area contributed by atoms with E-state index in [0.717, 1.165) is 30.4 Å². The highest BCUT2D eigenvalue weighted by atomic mass is 16.8. The normalized spacial score (nSPS) is 49.2. The summed E-state index contributed by atoms with van der Waals surface area (Å²) < 4.78 is 128. The first-order chi connectivity index (χ1) is 60.1. The summed E-state index contributed by atoms with van der Waals surface area (Å²) in [5, 5.41) is 68.6. The van der Waals surface area contributed by atoms with Crippen molar-refractivity contribution >= 4 is 11.9 Å². The second kappa shape index (κ2) is 41.5. The molecule has 2 spiro atoms. The predicted octanol–water partition coefficient (Wildman–Crippen LogP) is 11.3. The molecule has 0 amide bonds. The summed E-state index contributed by atoms with van der Waals surface area (Å²) in [4.78, 5) is 28.8. The van der Waals surface area contributed by atoms with Crippen LogP contribution in [-0.4, -0.2) is 279 Å². The highest BCUT2D eigenvalue weighted by molar-refractivity contribution is 5.79. The van der Waals surface area contributed by atoms with Crippen LogP contribution < -0.4 is 0 Å². The number of ether oxygens (including phenoxy) is 20. The van der Waals surface area contributed by atoms with Crippen LogP contribution in [0.1, 0.15) is 200 Å². The fourth-order valence-electron chi connectivity index (χ4n) is 22.2. The highest BCUT2D eigenvalue weighted by Crippen LogP contribution is 2.52. The van der Waals surface area contributed by atoms with Gasteiger partial charge in [0.15, 0.2) is 36.7 Å². The van der Waals surface area contributed by atoms with E-state index in [1.54, 1.807) is 80.4 Å². The van der Waals surface area contributed by atoms with Crippen LogP contribution in [0.2, 0.25) is 0 Å².